The van der Waals surface area contributed by atoms with E-state index < -0.39 is 5.97 Å². The lowest BCUT2D eigenvalue weighted by Gasteiger charge is -2.26. The molecule has 1 fully saturated rings. The largest absolute Gasteiger partial charge is 0.478 e. The Kier molecular flexibility index (Phi) is 5.10. The van der Waals surface area contributed by atoms with Crippen molar-refractivity contribution in [1.29, 1.82) is 0 Å². The number of furan rings is 1. The highest BCUT2D eigenvalue weighted by Gasteiger charge is 2.24. The van der Waals surface area contributed by atoms with Crippen LogP contribution in [0.2, 0.25) is 0 Å². The molecule has 0 radical (unpaired) electrons. The Morgan fingerprint density at radius 3 is 2.78 bits per heavy atom. The molecular formula is C18H21NO4. The molecule has 122 valence electrons. The molecule has 1 N–H and O–H groups in total. The van der Waals surface area contributed by atoms with Gasteiger partial charge in [-0.2, -0.15) is 0 Å². The van der Waals surface area contributed by atoms with Crippen LogP contribution in [-0.2, 0) is 17.7 Å². The summed E-state index contributed by atoms with van der Waals surface area (Å²) >= 11 is 0. The molecule has 23 heavy (non-hydrogen) atoms. The zero-order valence-electron chi connectivity index (χ0n) is 13.0. The standard InChI is InChI=1S/C18H21NO4/c20-18(21)15-10-17(23-12-15)11-19(16-7-9-22-13-16)8-6-14-4-2-1-3-5-14/h1-5,10,12,16H,6-9,11,13H2,(H,20,21). The van der Waals surface area contributed by atoms with Gasteiger partial charge in [-0.25, -0.2) is 4.79 Å². The molecule has 1 aromatic heterocycles. The number of carboxylic acid groups (broad SMARTS) is 1. The quantitative estimate of drug-likeness (QED) is 0.851. The van der Waals surface area contributed by atoms with Crippen molar-refractivity contribution in [3.63, 3.8) is 0 Å². The Bertz CT molecular complexity index is 631. The molecule has 5 nitrogen and oxygen atoms in total. The van der Waals surface area contributed by atoms with Crippen LogP contribution in [0.25, 0.3) is 0 Å². The Morgan fingerprint density at radius 1 is 1.30 bits per heavy atom. The van der Waals surface area contributed by atoms with Crippen LogP contribution in [0.15, 0.2) is 47.1 Å². The fourth-order valence-electron chi connectivity index (χ4n) is 2.89. The minimum absolute atomic E-state index is 0.200. The third-order valence-electron chi connectivity index (χ3n) is 4.21. The zero-order valence-corrected chi connectivity index (χ0v) is 13.0. The summed E-state index contributed by atoms with van der Waals surface area (Å²) in [6, 6.07) is 12.3. The molecule has 1 aliphatic rings. The van der Waals surface area contributed by atoms with Gasteiger partial charge in [0.05, 0.1) is 18.7 Å². The van der Waals surface area contributed by atoms with Gasteiger partial charge in [-0.15, -0.1) is 0 Å². The normalized spacial score (nSPS) is 17.7. The third-order valence-corrected chi connectivity index (χ3v) is 4.21. The molecule has 0 aliphatic carbocycles. The number of ether oxygens (including phenoxy) is 1. The van der Waals surface area contributed by atoms with Crippen molar-refractivity contribution in [3.05, 3.63) is 59.5 Å². The van der Waals surface area contributed by atoms with Gasteiger partial charge in [0, 0.05) is 19.2 Å². The lowest BCUT2D eigenvalue weighted by molar-refractivity contribution is 0.0696. The van der Waals surface area contributed by atoms with Crippen LogP contribution in [0.1, 0.15) is 28.1 Å². The van der Waals surface area contributed by atoms with Crippen molar-refractivity contribution in [1.82, 2.24) is 4.90 Å². The molecule has 1 aromatic carbocycles. The maximum absolute atomic E-state index is 11.0. The van der Waals surface area contributed by atoms with Crippen LogP contribution in [0.3, 0.4) is 0 Å². The number of carbonyl (C=O) groups is 1. The van der Waals surface area contributed by atoms with E-state index in [0.29, 0.717) is 18.3 Å². The second kappa shape index (κ2) is 7.44. The lowest BCUT2D eigenvalue weighted by Crippen LogP contribution is -2.36. The number of aromatic carboxylic acids is 1. The van der Waals surface area contributed by atoms with E-state index in [1.165, 1.54) is 11.8 Å². The minimum atomic E-state index is -0.958. The average Bonchev–Trinajstić information content (AvgIpc) is 3.24. The van der Waals surface area contributed by atoms with Gasteiger partial charge < -0.3 is 14.3 Å². The number of rotatable bonds is 7. The molecule has 3 rings (SSSR count). The van der Waals surface area contributed by atoms with E-state index in [0.717, 1.165) is 32.6 Å². The second-order valence-corrected chi connectivity index (χ2v) is 5.83. The molecule has 5 heteroatoms. The Balaban J connectivity index is 1.66. The van der Waals surface area contributed by atoms with Crippen LogP contribution in [0.5, 0.6) is 0 Å². The molecule has 1 saturated heterocycles. The summed E-state index contributed by atoms with van der Waals surface area (Å²) in [5, 5.41) is 9.00. The molecule has 1 atom stereocenters. The van der Waals surface area contributed by atoms with Crippen molar-refractivity contribution in [2.24, 2.45) is 0 Å². The SMILES string of the molecule is O=C(O)c1coc(CN(CCc2ccccc2)C2CCOC2)c1. The van der Waals surface area contributed by atoms with Crippen LogP contribution in [0.4, 0.5) is 0 Å². The van der Waals surface area contributed by atoms with Crippen LogP contribution < -0.4 is 0 Å². The molecule has 2 heterocycles. The topological polar surface area (TPSA) is 62.9 Å². The highest BCUT2D eigenvalue weighted by molar-refractivity contribution is 5.87. The number of nitrogens with zero attached hydrogens (tertiary/aromatic N) is 1. The molecule has 1 aliphatic heterocycles. The molecule has 0 saturated carbocycles. The van der Waals surface area contributed by atoms with Crippen molar-refractivity contribution in [2.45, 2.75) is 25.4 Å². The van der Waals surface area contributed by atoms with E-state index in [1.54, 1.807) is 6.07 Å². The number of hydrogen-bond acceptors (Lipinski definition) is 4. The molecule has 1 unspecified atom stereocenters. The maximum atomic E-state index is 11.0. The van der Waals surface area contributed by atoms with E-state index in [9.17, 15) is 4.79 Å². The van der Waals surface area contributed by atoms with E-state index in [2.05, 4.69) is 17.0 Å². The first-order valence-corrected chi connectivity index (χ1v) is 7.89. The fourth-order valence-corrected chi connectivity index (χ4v) is 2.89. The lowest BCUT2D eigenvalue weighted by atomic mass is 10.1. The first-order chi connectivity index (χ1) is 11.2. The number of hydrogen-bond donors (Lipinski definition) is 1. The fraction of sp³-hybridized carbons (Fsp3) is 0.389. The van der Waals surface area contributed by atoms with Gasteiger partial charge in [0.2, 0.25) is 0 Å². The summed E-state index contributed by atoms with van der Waals surface area (Å²) in [6.45, 7) is 3.00. The first-order valence-electron chi connectivity index (χ1n) is 7.89. The second-order valence-electron chi connectivity index (χ2n) is 5.83. The summed E-state index contributed by atoms with van der Waals surface area (Å²) in [6.07, 6.45) is 3.25. The molecule has 2 aromatic rings. The van der Waals surface area contributed by atoms with E-state index >= 15 is 0 Å². The number of benzene rings is 1. The zero-order chi connectivity index (χ0) is 16.1. The maximum Gasteiger partial charge on any atom is 0.338 e. The van der Waals surface area contributed by atoms with Crippen molar-refractivity contribution >= 4 is 5.97 Å². The van der Waals surface area contributed by atoms with Gasteiger partial charge in [-0.05, 0) is 24.5 Å². The predicted molar refractivity (Wildman–Crippen MR) is 85.4 cm³/mol. The summed E-state index contributed by atoms with van der Waals surface area (Å²) in [4.78, 5) is 13.3. The Hall–Kier alpha value is -2.11. The van der Waals surface area contributed by atoms with Gasteiger partial charge >= 0.3 is 5.97 Å². The third kappa shape index (κ3) is 4.21. The number of carboxylic acids is 1. The monoisotopic (exact) mass is 315 g/mol. The van der Waals surface area contributed by atoms with E-state index in [4.69, 9.17) is 14.3 Å². The summed E-state index contributed by atoms with van der Waals surface area (Å²) in [5.41, 5.74) is 1.49. The van der Waals surface area contributed by atoms with Gasteiger partial charge in [-0.3, -0.25) is 4.90 Å². The van der Waals surface area contributed by atoms with Gasteiger partial charge in [-0.1, -0.05) is 30.3 Å². The van der Waals surface area contributed by atoms with Gasteiger partial charge in [0.25, 0.3) is 0 Å². The van der Waals surface area contributed by atoms with Crippen molar-refractivity contribution < 1.29 is 19.1 Å². The van der Waals surface area contributed by atoms with Crippen molar-refractivity contribution in [3.8, 4) is 0 Å². The van der Waals surface area contributed by atoms with E-state index in [1.807, 2.05) is 18.2 Å². The summed E-state index contributed by atoms with van der Waals surface area (Å²) < 4.78 is 10.9. The molecular weight excluding hydrogens is 294 g/mol. The summed E-state index contributed by atoms with van der Waals surface area (Å²) in [5.74, 6) is -0.276. The van der Waals surface area contributed by atoms with Crippen molar-refractivity contribution in [2.75, 3.05) is 19.8 Å². The molecule has 0 spiro atoms. The Morgan fingerprint density at radius 2 is 2.13 bits per heavy atom. The summed E-state index contributed by atoms with van der Waals surface area (Å²) in [7, 11) is 0. The van der Waals surface area contributed by atoms with Crippen LogP contribution >= 0.6 is 0 Å². The molecule has 0 bridgehead atoms. The minimum Gasteiger partial charge on any atom is -0.478 e. The molecule has 0 amide bonds. The smallest absolute Gasteiger partial charge is 0.338 e. The first kappa shape index (κ1) is 15.8. The van der Waals surface area contributed by atoms with Gasteiger partial charge in [0.1, 0.15) is 12.0 Å². The van der Waals surface area contributed by atoms with Gasteiger partial charge in [0.15, 0.2) is 0 Å². The van der Waals surface area contributed by atoms with Crippen LogP contribution in [-0.4, -0.2) is 41.8 Å². The highest BCUT2D eigenvalue weighted by atomic mass is 16.5. The van der Waals surface area contributed by atoms with E-state index in [-0.39, 0.29) is 5.56 Å². The van der Waals surface area contributed by atoms with Crippen LogP contribution in [0, 0.1) is 0 Å². The highest BCUT2D eigenvalue weighted by Crippen LogP contribution is 2.18. The predicted octanol–water partition coefficient (Wildman–Crippen LogP) is 2.81. The Labute approximate surface area is 135 Å². The average molecular weight is 315 g/mol.